The Bertz CT molecular complexity index is 462. The molecule has 1 rings (SSSR count). The first-order valence-corrected chi connectivity index (χ1v) is 6.60. The van der Waals surface area contributed by atoms with E-state index in [9.17, 15) is 9.59 Å². The predicted octanol–water partition coefficient (Wildman–Crippen LogP) is 2.05. The van der Waals surface area contributed by atoms with Gasteiger partial charge in [0.25, 0.3) is 5.91 Å². The van der Waals surface area contributed by atoms with E-state index in [-0.39, 0.29) is 12.5 Å². The highest BCUT2D eigenvalue weighted by Crippen LogP contribution is 2.23. The van der Waals surface area contributed by atoms with E-state index in [1.54, 1.807) is 32.0 Å². The second-order valence-electron chi connectivity index (χ2n) is 4.35. The lowest BCUT2D eigenvalue weighted by Gasteiger charge is -2.18. The fourth-order valence-electron chi connectivity index (χ4n) is 1.43. The van der Waals surface area contributed by atoms with E-state index in [0.29, 0.717) is 5.75 Å². The normalized spacial score (nSPS) is 12.0. The van der Waals surface area contributed by atoms with Gasteiger partial charge >= 0.3 is 5.97 Å². The molecule has 19 heavy (non-hydrogen) atoms. The van der Waals surface area contributed by atoms with Crippen molar-refractivity contribution in [1.82, 2.24) is 5.32 Å². The maximum Gasteiger partial charge on any atom is 0.326 e. The molecule has 5 nitrogen and oxygen atoms in total. The average molecular weight is 330 g/mol. The standard InChI is InChI=1S/C13H16BrNO4/c1-8(2)12(13(17)18)15-11(16)7-19-10-6-4-3-5-9(10)14/h3-6,8,12H,7H2,1-2H3,(H,15,16)(H,17,18)/t12-/m1/s1. The Kier molecular flexibility index (Phi) is 5.82. The zero-order chi connectivity index (χ0) is 14.4. The Morgan fingerprint density at radius 3 is 2.53 bits per heavy atom. The SMILES string of the molecule is CC(C)[C@@H](NC(=O)COc1ccccc1Br)C(=O)O. The Morgan fingerprint density at radius 2 is 2.00 bits per heavy atom. The number of carboxylic acids is 1. The van der Waals surface area contributed by atoms with Gasteiger partial charge in [-0.25, -0.2) is 4.79 Å². The van der Waals surface area contributed by atoms with Crippen LogP contribution in [0.4, 0.5) is 0 Å². The van der Waals surface area contributed by atoms with Crippen LogP contribution < -0.4 is 10.1 Å². The molecule has 0 aliphatic carbocycles. The second kappa shape index (κ2) is 7.13. The number of carbonyl (C=O) groups excluding carboxylic acids is 1. The lowest BCUT2D eigenvalue weighted by Crippen LogP contribution is -2.46. The smallest absolute Gasteiger partial charge is 0.326 e. The quantitative estimate of drug-likeness (QED) is 0.837. The van der Waals surface area contributed by atoms with E-state index in [2.05, 4.69) is 21.2 Å². The number of hydrogen-bond donors (Lipinski definition) is 2. The number of carboxylic acid groups (broad SMARTS) is 1. The molecule has 0 heterocycles. The third kappa shape index (κ3) is 4.90. The van der Waals surface area contributed by atoms with Gasteiger partial charge in [-0.1, -0.05) is 26.0 Å². The van der Waals surface area contributed by atoms with Gasteiger partial charge in [0, 0.05) is 0 Å². The van der Waals surface area contributed by atoms with Crippen LogP contribution in [0.5, 0.6) is 5.75 Å². The molecular formula is C13H16BrNO4. The van der Waals surface area contributed by atoms with Gasteiger partial charge in [-0.05, 0) is 34.0 Å². The van der Waals surface area contributed by atoms with E-state index in [0.717, 1.165) is 4.47 Å². The van der Waals surface area contributed by atoms with Gasteiger partial charge in [0.1, 0.15) is 11.8 Å². The lowest BCUT2D eigenvalue weighted by molar-refractivity contribution is -0.143. The monoisotopic (exact) mass is 329 g/mol. The minimum absolute atomic E-state index is 0.190. The maximum atomic E-state index is 11.6. The van der Waals surface area contributed by atoms with Crippen LogP contribution in [-0.4, -0.2) is 29.6 Å². The molecule has 6 heteroatoms. The number of amides is 1. The van der Waals surface area contributed by atoms with Crippen LogP contribution in [0.1, 0.15) is 13.8 Å². The minimum Gasteiger partial charge on any atom is -0.483 e. The van der Waals surface area contributed by atoms with Crippen LogP contribution in [-0.2, 0) is 9.59 Å². The molecule has 0 bridgehead atoms. The molecule has 1 amide bonds. The van der Waals surface area contributed by atoms with Crippen molar-refractivity contribution in [1.29, 1.82) is 0 Å². The molecule has 0 saturated heterocycles. The van der Waals surface area contributed by atoms with Crippen LogP contribution in [0.15, 0.2) is 28.7 Å². The van der Waals surface area contributed by atoms with Crippen molar-refractivity contribution in [2.75, 3.05) is 6.61 Å². The molecular weight excluding hydrogens is 314 g/mol. The van der Waals surface area contributed by atoms with E-state index >= 15 is 0 Å². The zero-order valence-electron chi connectivity index (χ0n) is 10.7. The number of ether oxygens (including phenoxy) is 1. The molecule has 0 aliphatic heterocycles. The number of para-hydroxylation sites is 1. The van der Waals surface area contributed by atoms with Crippen molar-refractivity contribution >= 4 is 27.8 Å². The van der Waals surface area contributed by atoms with Crippen LogP contribution in [0, 0.1) is 5.92 Å². The Morgan fingerprint density at radius 1 is 1.37 bits per heavy atom. The highest BCUT2D eigenvalue weighted by atomic mass is 79.9. The number of nitrogens with one attached hydrogen (secondary N) is 1. The van der Waals surface area contributed by atoms with Crippen molar-refractivity contribution in [3.8, 4) is 5.75 Å². The van der Waals surface area contributed by atoms with Crippen molar-refractivity contribution in [3.05, 3.63) is 28.7 Å². The fraction of sp³-hybridized carbons (Fsp3) is 0.385. The summed E-state index contributed by atoms with van der Waals surface area (Å²) in [6, 6.07) is 6.22. The topological polar surface area (TPSA) is 75.6 Å². The number of hydrogen-bond acceptors (Lipinski definition) is 3. The van der Waals surface area contributed by atoms with E-state index in [4.69, 9.17) is 9.84 Å². The number of aliphatic carboxylic acids is 1. The van der Waals surface area contributed by atoms with E-state index in [1.807, 2.05) is 6.07 Å². The van der Waals surface area contributed by atoms with Crippen LogP contribution in [0.2, 0.25) is 0 Å². The summed E-state index contributed by atoms with van der Waals surface area (Å²) in [6.45, 7) is 3.24. The summed E-state index contributed by atoms with van der Waals surface area (Å²) in [5.74, 6) is -1.17. The highest BCUT2D eigenvalue weighted by Gasteiger charge is 2.23. The summed E-state index contributed by atoms with van der Waals surface area (Å²) in [4.78, 5) is 22.6. The van der Waals surface area contributed by atoms with Crippen molar-refractivity contribution < 1.29 is 19.4 Å². The van der Waals surface area contributed by atoms with Gasteiger partial charge in [-0.2, -0.15) is 0 Å². The molecule has 1 atom stereocenters. The Balaban J connectivity index is 2.52. The van der Waals surface area contributed by atoms with Crippen molar-refractivity contribution in [2.24, 2.45) is 5.92 Å². The van der Waals surface area contributed by atoms with Gasteiger partial charge in [-0.15, -0.1) is 0 Å². The second-order valence-corrected chi connectivity index (χ2v) is 5.20. The number of carbonyl (C=O) groups is 2. The van der Waals surface area contributed by atoms with E-state index < -0.39 is 17.9 Å². The largest absolute Gasteiger partial charge is 0.483 e. The molecule has 0 aromatic heterocycles. The van der Waals surface area contributed by atoms with Gasteiger partial charge in [-0.3, -0.25) is 4.79 Å². The summed E-state index contributed by atoms with van der Waals surface area (Å²) in [6.07, 6.45) is 0. The lowest BCUT2D eigenvalue weighted by atomic mass is 10.1. The highest BCUT2D eigenvalue weighted by molar-refractivity contribution is 9.10. The summed E-state index contributed by atoms with van der Waals surface area (Å²) in [7, 11) is 0. The van der Waals surface area contributed by atoms with Crippen LogP contribution >= 0.6 is 15.9 Å². The number of benzene rings is 1. The molecule has 0 spiro atoms. The van der Waals surface area contributed by atoms with Crippen molar-refractivity contribution in [2.45, 2.75) is 19.9 Å². The van der Waals surface area contributed by atoms with Gasteiger partial charge < -0.3 is 15.2 Å². The third-order valence-electron chi connectivity index (χ3n) is 2.44. The summed E-state index contributed by atoms with van der Waals surface area (Å²) in [5, 5.41) is 11.4. The molecule has 104 valence electrons. The fourth-order valence-corrected chi connectivity index (χ4v) is 1.83. The minimum atomic E-state index is -1.05. The van der Waals surface area contributed by atoms with Crippen molar-refractivity contribution in [3.63, 3.8) is 0 Å². The third-order valence-corrected chi connectivity index (χ3v) is 3.10. The predicted molar refractivity (Wildman–Crippen MR) is 74.0 cm³/mol. The summed E-state index contributed by atoms with van der Waals surface area (Å²) < 4.78 is 6.04. The van der Waals surface area contributed by atoms with Crippen LogP contribution in [0.25, 0.3) is 0 Å². The summed E-state index contributed by atoms with van der Waals surface area (Å²) >= 11 is 3.29. The Labute approximate surface area is 120 Å². The molecule has 0 fully saturated rings. The first kappa shape index (κ1) is 15.5. The molecule has 1 aromatic carbocycles. The Hall–Kier alpha value is -1.56. The van der Waals surface area contributed by atoms with Gasteiger partial charge in [0.15, 0.2) is 6.61 Å². The van der Waals surface area contributed by atoms with Gasteiger partial charge in [0.2, 0.25) is 0 Å². The summed E-state index contributed by atoms with van der Waals surface area (Å²) in [5.41, 5.74) is 0. The molecule has 1 aromatic rings. The number of halogens is 1. The van der Waals surface area contributed by atoms with E-state index in [1.165, 1.54) is 0 Å². The van der Waals surface area contributed by atoms with Gasteiger partial charge in [0.05, 0.1) is 4.47 Å². The zero-order valence-corrected chi connectivity index (χ0v) is 12.3. The molecule has 0 unspecified atom stereocenters. The maximum absolute atomic E-state index is 11.6. The average Bonchev–Trinajstić information content (AvgIpc) is 2.34. The molecule has 2 N–H and O–H groups in total. The molecule has 0 radical (unpaired) electrons. The first-order chi connectivity index (χ1) is 8.91. The molecule has 0 aliphatic rings. The number of rotatable bonds is 6. The molecule has 0 saturated carbocycles. The first-order valence-electron chi connectivity index (χ1n) is 5.81. The van der Waals surface area contributed by atoms with Crippen LogP contribution in [0.3, 0.4) is 0 Å².